The Morgan fingerprint density at radius 3 is 2.71 bits per heavy atom. The number of phenols is 1. The van der Waals surface area contributed by atoms with Gasteiger partial charge in [0, 0.05) is 18.4 Å². The van der Waals surface area contributed by atoms with Crippen molar-refractivity contribution in [1.82, 2.24) is 20.1 Å². The molecule has 0 fully saturated rings. The zero-order valence-electron chi connectivity index (χ0n) is 13.3. The molecule has 24 heavy (non-hydrogen) atoms. The molecule has 1 amide bonds. The standard InChI is InChI=1S/C18H18N4O2/c1-13(12-14-6-8-15(23)9-7-14)20-18(24)16-4-2-5-17(21-16)22-11-3-10-19-22/h2-11,13,23H,12H2,1H3,(H,20,24)/t13-/m0/s1. The van der Waals surface area contributed by atoms with Crippen LogP contribution in [0.5, 0.6) is 5.75 Å². The summed E-state index contributed by atoms with van der Waals surface area (Å²) in [6, 6.07) is 14.0. The third kappa shape index (κ3) is 3.78. The van der Waals surface area contributed by atoms with Crippen LogP contribution >= 0.6 is 0 Å². The maximum atomic E-state index is 12.4. The monoisotopic (exact) mass is 322 g/mol. The van der Waals surface area contributed by atoms with Gasteiger partial charge in [-0.05, 0) is 49.2 Å². The number of carbonyl (C=O) groups is 1. The lowest BCUT2D eigenvalue weighted by Crippen LogP contribution is -2.34. The summed E-state index contributed by atoms with van der Waals surface area (Å²) in [6.45, 7) is 1.93. The average Bonchev–Trinajstić information content (AvgIpc) is 3.11. The first-order valence-electron chi connectivity index (χ1n) is 7.67. The van der Waals surface area contributed by atoms with Gasteiger partial charge in [0.25, 0.3) is 5.91 Å². The van der Waals surface area contributed by atoms with Crippen LogP contribution in [0.2, 0.25) is 0 Å². The molecule has 0 aliphatic rings. The molecular weight excluding hydrogens is 304 g/mol. The van der Waals surface area contributed by atoms with Crippen molar-refractivity contribution in [1.29, 1.82) is 0 Å². The van der Waals surface area contributed by atoms with E-state index in [0.29, 0.717) is 17.9 Å². The number of aromatic nitrogens is 3. The van der Waals surface area contributed by atoms with Crippen molar-refractivity contribution in [3.63, 3.8) is 0 Å². The van der Waals surface area contributed by atoms with E-state index < -0.39 is 0 Å². The van der Waals surface area contributed by atoms with E-state index in [1.807, 2.05) is 19.1 Å². The van der Waals surface area contributed by atoms with Crippen molar-refractivity contribution in [2.75, 3.05) is 0 Å². The fourth-order valence-corrected chi connectivity index (χ4v) is 2.42. The predicted octanol–water partition coefficient (Wildman–Crippen LogP) is 2.33. The second-order valence-corrected chi connectivity index (χ2v) is 5.58. The minimum Gasteiger partial charge on any atom is -0.508 e. The van der Waals surface area contributed by atoms with Gasteiger partial charge in [0.1, 0.15) is 11.4 Å². The maximum Gasteiger partial charge on any atom is 0.270 e. The third-order valence-electron chi connectivity index (χ3n) is 3.56. The van der Waals surface area contributed by atoms with Crippen molar-refractivity contribution in [2.45, 2.75) is 19.4 Å². The van der Waals surface area contributed by atoms with Gasteiger partial charge in [-0.1, -0.05) is 18.2 Å². The smallest absolute Gasteiger partial charge is 0.270 e. The Hall–Kier alpha value is -3.15. The van der Waals surface area contributed by atoms with Crippen molar-refractivity contribution in [2.24, 2.45) is 0 Å². The molecule has 0 bridgehead atoms. The lowest BCUT2D eigenvalue weighted by molar-refractivity contribution is 0.0935. The van der Waals surface area contributed by atoms with Gasteiger partial charge < -0.3 is 10.4 Å². The van der Waals surface area contributed by atoms with Crippen molar-refractivity contribution in [3.05, 3.63) is 72.2 Å². The summed E-state index contributed by atoms with van der Waals surface area (Å²) >= 11 is 0. The van der Waals surface area contributed by atoms with E-state index >= 15 is 0 Å². The summed E-state index contributed by atoms with van der Waals surface area (Å²) in [4.78, 5) is 16.7. The Kier molecular flexibility index (Phi) is 4.56. The van der Waals surface area contributed by atoms with Crippen LogP contribution in [0.25, 0.3) is 5.82 Å². The normalized spacial score (nSPS) is 11.9. The highest BCUT2D eigenvalue weighted by Crippen LogP contribution is 2.11. The average molecular weight is 322 g/mol. The Morgan fingerprint density at radius 1 is 1.21 bits per heavy atom. The van der Waals surface area contributed by atoms with E-state index in [4.69, 9.17) is 0 Å². The molecule has 1 atom stereocenters. The van der Waals surface area contributed by atoms with E-state index in [2.05, 4.69) is 15.4 Å². The molecule has 3 rings (SSSR count). The second-order valence-electron chi connectivity index (χ2n) is 5.58. The predicted molar refractivity (Wildman–Crippen MR) is 90.1 cm³/mol. The van der Waals surface area contributed by atoms with Crippen LogP contribution in [0.4, 0.5) is 0 Å². The number of pyridine rings is 1. The largest absolute Gasteiger partial charge is 0.508 e. The highest BCUT2D eigenvalue weighted by molar-refractivity contribution is 5.92. The fraction of sp³-hybridized carbons (Fsp3) is 0.167. The number of rotatable bonds is 5. The van der Waals surface area contributed by atoms with Crippen molar-refractivity contribution >= 4 is 5.91 Å². The molecule has 6 heteroatoms. The van der Waals surface area contributed by atoms with E-state index in [0.717, 1.165) is 5.56 Å². The summed E-state index contributed by atoms with van der Waals surface area (Å²) in [7, 11) is 0. The Balaban J connectivity index is 1.66. The van der Waals surface area contributed by atoms with Gasteiger partial charge in [-0.2, -0.15) is 5.10 Å². The topological polar surface area (TPSA) is 80.0 Å². The van der Waals surface area contributed by atoms with E-state index in [1.165, 1.54) is 0 Å². The van der Waals surface area contributed by atoms with Gasteiger partial charge in [-0.25, -0.2) is 9.67 Å². The number of carbonyl (C=O) groups excluding carboxylic acids is 1. The Labute approximate surface area is 139 Å². The van der Waals surface area contributed by atoms with E-state index in [-0.39, 0.29) is 17.7 Å². The second kappa shape index (κ2) is 6.95. The molecule has 0 radical (unpaired) electrons. The molecule has 1 aromatic carbocycles. The minimum absolute atomic E-state index is 0.0581. The highest BCUT2D eigenvalue weighted by Gasteiger charge is 2.12. The lowest BCUT2D eigenvalue weighted by atomic mass is 10.1. The quantitative estimate of drug-likeness (QED) is 0.755. The van der Waals surface area contributed by atoms with Gasteiger partial charge in [-0.3, -0.25) is 4.79 Å². The Bertz CT molecular complexity index is 813. The number of nitrogens with one attached hydrogen (secondary N) is 1. The van der Waals surface area contributed by atoms with Crippen LogP contribution in [0.15, 0.2) is 60.9 Å². The van der Waals surface area contributed by atoms with Gasteiger partial charge >= 0.3 is 0 Å². The molecule has 2 aromatic heterocycles. The zero-order chi connectivity index (χ0) is 16.9. The van der Waals surface area contributed by atoms with Gasteiger partial charge in [-0.15, -0.1) is 0 Å². The van der Waals surface area contributed by atoms with E-state index in [9.17, 15) is 9.90 Å². The van der Waals surface area contributed by atoms with Crippen LogP contribution in [0.1, 0.15) is 23.0 Å². The Morgan fingerprint density at radius 2 is 2.00 bits per heavy atom. The van der Waals surface area contributed by atoms with Gasteiger partial charge in [0.2, 0.25) is 0 Å². The van der Waals surface area contributed by atoms with Crippen LogP contribution in [-0.4, -0.2) is 31.8 Å². The molecule has 0 saturated carbocycles. The molecular formula is C18H18N4O2. The SMILES string of the molecule is C[C@@H](Cc1ccc(O)cc1)NC(=O)c1cccc(-n2cccn2)n1. The molecule has 2 heterocycles. The number of nitrogens with zero attached hydrogens (tertiary/aromatic N) is 3. The maximum absolute atomic E-state index is 12.4. The first-order valence-corrected chi connectivity index (χ1v) is 7.67. The van der Waals surface area contributed by atoms with Crippen LogP contribution in [-0.2, 0) is 6.42 Å². The van der Waals surface area contributed by atoms with Crippen LogP contribution in [0.3, 0.4) is 0 Å². The number of benzene rings is 1. The molecule has 0 aliphatic heterocycles. The molecule has 0 spiro atoms. The third-order valence-corrected chi connectivity index (χ3v) is 3.56. The summed E-state index contributed by atoms with van der Waals surface area (Å²) in [6.07, 6.45) is 4.11. The number of hydrogen-bond donors (Lipinski definition) is 2. The summed E-state index contributed by atoms with van der Waals surface area (Å²) in [5, 5.41) is 16.4. The number of amides is 1. The molecule has 2 N–H and O–H groups in total. The van der Waals surface area contributed by atoms with Crippen molar-refractivity contribution < 1.29 is 9.90 Å². The molecule has 6 nitrogen and oxygen atoms in total. The van der Waals surface area contributed by atoms with Gasteiger partial charge in [0.15, 0.2) is 5.82 Å². The zero-order valence-corrected chi connectivity index (χ0v) is 13.3. The lowest BCUT2D eigenvalue weighted by Gasteiger charge is -2.14. The fourth-order valence-electron chi connectivity index (χ4n) is 2.42. The molecule has 3 aromatic rings. The van der Waals surface area contributed by atoms with Crippen molar-refractivity contribution in [3.8, 4) is 11.6 Å². The first kappa shape index (κ1) is 15.7. The number of hydrogen-bond acceptors (Lipinski definition) is 4. The minimum atomic E-state index is -0.227. The molecule has 0 aliphatic carbocycles. The molecule has 0 saturated heterocycles. The highest BCUT2D eigenvalue weighted by atomic mass is 16.3. The molecule has 122 valence electrons. The summed E-state index contributed by atoms with van der Waals surface area (Å²) in [5.41, 5.74) is 1.39. The number of aromatic hydroxyl groups is 1. The van der Waals surface area contributed by atoms with Crippen LogP contribution < -0.4 is 5.32 Å². The first-order chi connectivity index (χ1) is 11.6. The summed E-state index contributed by atoms with van der Waals surface area (Å²) in [5.74, 6) is 0.601. The molecule has 0 unspecified atom stereocenters. The van der Waals surface area contributed by atoms with Crippen LogP contribution in [0, 0.1) is 0 Å². The van der Waals surface area contributed by atoms with E-state index in [1.54, 1.807) is 53.5 Å². The summed E-state index contributed by atoms with van der Waals surface area (Å²) < 4.78 is 1.61. The van der Waals surface area contributed by atoms with Gasteiger partial charge in [0.05, 0.1) is 0 Å². The number of phenolic OH excluding ortho intramolecular Hbond substituents is 1.